The Kier molecular flexibility index (Phi) is 8.71. The highest BCUT2D eigenvalue weighted by atomic mass is 127. The van der Waals surface area contributed by atoms with Gasteiger partial charge in [-0.1, -0.05) is 35.9 Å². The van der Waals surface area contributed by atoms with Gasteiger partial charge in [0.25, 0.3) is 0 Å². The first kappa shape index (κ1) is 21.2. The Morgan fingerprint density at radius 1 is 1.20 bits per heavy atom. The Hall–Kier alpha value is -1.80. The summed E-state index contributed by atoms with van der Waals surface area (Å²) < 4.78 is 0. The lowest BCUT2D eigenvalue weighted by atomic mass is 10.1. The van der Waals surface area contributed by atoms with Crippen LogP contribution in [-0.2, 0) is 13.1 Å². The molecule has 0 unspecified atom stereocenters. The van der Waals surface area contributed by atoms with Crippen molar-refractivity contribution in [2.24, 2.45) is 10.7 Å². The van der Waals surface area contributed by atoms with Gasteiger partial charge in [0, 0.05) is 37.8 Å². The number of halogens is 2. The third-order valence-corrected chi connectivity index (χ3v) is 3.81. The molecule has 0 aliphatic rings. The van der Waals surface area contributed by atoms with E-state index >= 15 is 0 Å². The summed E-state index contributed by atoms with van der Waals surface area (Å²) in [5.41, 5.74) is 7.89. The van der Waals surface area contributed by atoms with E-state index in [4.69, 9.17) is 17.3 Å². The minimum absolute atomic E-state index is 0. The second-order valence-corrected chi connectivity index (χ2v) is 5.88. The number of benzene rings is 2. The predicted octanol–water partition coefficient (Wildman–Crippen LogP) is 3.26. The van der Waals surface area contributed by atoms with Crippen LogP contribution in [0.15, 0.2) is 53.5 Å². The number of nitrogens with zero attached hydrogens (tertiary/aromatic N) is 2. The fourth-order valence-corrected chi connectivity index (χ4v) is 2.55. The highest BCUT2D eigenvalue weighted by Gasteiger charge is 2.07. The lowest BCUT2D eigenvalue weighted by molar-refractivity contribution is 0.100. The number of nitrogens with two attached hydrogens (primary N) is 1. The maximum Gasteiger partial charge on any atom is 0.248 e. The number of hydrogen-bond donors (Lipinski definition) is 2. The van der Waals surface area contributed by atoms with Gasteiger partial charge < -0.3 is 16.0 Å². The van der Waals surface area contributed by atoms with Crippen molar-refractivity contribution in [2.45, 2.75) is 13.1 Å². The van der Waals surface area contributed by atoms with Gasteiger partial charge in [0.2, 0.25) is 5.91 Å². The molecule has 25 heavy (non-hydrogen) atoms. The van der Waals surface area contributed by atoms with Crippen LogP contribution in [0.5, 0.6) is 0 Å². The molecule has 3 N–H and O–H groups in total. The maximum absolute atomic E-state index is 11.1. The SMILES string of the molecule is CN=C(NCc1ccc(C(N)=O)cc1)N(C)Cc1cccc(Cl)c1.I. The molecule has 1 amide bonds. The smallest absolute Gasteiger partial charge is 0.248 e. The van der Waals surface area contributed by atoms with Crippen molar-refractivity contribution >= 4 is 47.4 Å². The van der Waals surface area contributed by atoms with Crippen LogP contribution >= 0.6 is 35.6 Å². The Morgan fingerprint density at radius 3 is 2.44 bits per heavy atom. The van der Waals surface area contributed by atoms with Crippen molar-refractivity contribution in [1.82, 2.24) is 10.2 Å². The monoisotopic (exact) mass is 472 g/mol. The molecule has 0 radical (unpaired) electrons. The maximum atomic E-state index is 11.1. The van der Waals surface area contributed by atoms with E-state index in [2.05, 4.69) is 10.3 Å². The summed E-state index contributed by atoms with van der Waals surface area (Å²) in [6.45, 7) is 1.30. The zero-order valence-electron chi connectivity index (χ0n) is 14.2. The van der Waals surface area contributed by atoms with E-state index in [0.717, 1.165) is 22.1 Å². The Balaban J connectivity index is 0.00000312. The summed E-state index contributed by atoms with van der Waals surface area (Å²) >= 11 is 6.02. The number of carbonyl (C=O) groups is 1. The third kappa shape index (κ3) is 6.55. The van der Waals surface area contributed by atoms with E-state index in [1.165, 1.54) is 0 Å². The van der Waals surface area contributed by atoms with Crippen LogP contribution in [0, 0.1) is 0 Å². The van der Waals surface area contributed by atoms with Gasteiger partial charge in [0.15, 0.2) is 5.96 Å². The number of aliphatic imine (C=N–C) groups is 1. The molecular formula is C18H22ClIN4O. The molecule has 0 saturated carbocycles. The highest BCUT2D eigenvalue weighted by molar-refractivity contribution is 14.0. The average molecular weight is 473 g/mol. The molecule has 0 aliphatic heterocycles. The van der Waals surface area contributed by atoms with Crippen molar-refractivity contribution in [3.8, 4) is 0 Å². The first-order chi connectivity index (χ1) is 11.5. The van der Waals surface area contributed by atoms with Crippen LogP contribution in [0.1, 0.15) is 21.5 Å². The van der Waals surface area contributed by atoms with Crippen molar-refractivity contribution < 1.29 is 4.79 Å². The predicted molar refractivity (Wildman–Crippen MR) is 113 cm³/mol. The van der Waals surface area contributed by atoms with Gasteiger partial charge in [-0.15, -0.1) is 24.0 Å². The molecule has 134 valence electrons. The van der Waals surface area contributed by atoms with Gasteiger partial charge in [-0.05, 0) is 35.4 Å². The van der Waals surface area contributed by atoms with Crippen LogP contribution in [0.2, 0.25) is 5.02 Å². The van der Waals surface area contributed by atoms with Crippen molar-refractivity contribution in [3.63, 3.8) is 0 Å². The molecule has 0 aliphatic carbocycles. The lowest BCUT2D eigenvalue weighted by Gasteiger charge is -2.22. The fraction of sp³-hybridized carbons (Fsp3) is 0.222. The highest BCUT2D eigenvalue weighted by Crippen LogP contribution is 2.12. The molecule has 5 nitrogen and oxygen atoms in total. The minimum atomic E-state index is -0.424. The summed E-state index contributed by atoms with van der Waals surface area (Å²) in [4.78, 5) is 17.4. The van der Waals surface area contributed by atoms with E-state index in [9.17, 15) is 4.79 Å². The normalized spacial score (nSPS) is 10.8. The summed E-state index contributed by atoms with van der Waals surface area (Å²) in [7, 11) is 3.71. The quantitative estimate of drug-likeness (QED) is 0.399. The molecule has 2 aromatic carbocycles. The Labute approximate surface area is 170 Å². The number of rotatable bonds is 5. The molecular weight excluding hydrogens is 451 g/mol. The fourth-order valence-electron chi connectivity index (χ4n) is 2.34. The molecule has 2 aromatic rings. The molecule has 2 rings (SSSR count). The van der Waals surface area contributed by atoms with Gasteiger partial charge in [-0.2, -0.15) is 0 Å². The molecule has 0 heterocycles. The van der Waals surface area contributed by atoms with Gasteiger partial charge >= 0.3 is 0 Å². The minimum Gasteiger partial charge on any atom is -0.366 e. The van der Waals surface area contributed by atoms with Gasteiger partial charge in [0.05, 0.1) is 0 Å². The topological polar surface area (TPSA) is 70.7 Å². The van der Waals surface area contributed by atoms with Crippen LogP contribution in [0.3, 0.4) is 0 Å². The zero-order chi connectivity index (χ0) is 17.5. The van der Waals surface area contributed by atoms with Gasteiger partial charge in [-0.3, -0.25) is 9.79 Å². The summed E-state index contributed by atoms with van der Waals surface area (Å²) in [6.07, 6.45) is 0. The Morgan fingerprint density at radius 2 is 1.88 bits per heavy atom. The largest absolute Gasteiger partial charge is 0.366 e. The zero-order valence-corrected chi connectivity index (χ0v) is 17.3. The van der Waals surface area contributed by atoms with E-state index in [0.29, 0.717) is 18.7 Å². The van der Waals surface area contributed by atoms with E-state index in [1.54, 1.807) is 19.2 Å². The molecule has 0 spiro atoms. The van der Waals surface area contributed by atoms with Crippen molar-refractivity contribution in [1.29, 1.82) is 0 Å². The molecule has 0 aromatic heterocycles. The third-order valence-electron chi connectivity index (χ3n) is 3.57. The molecule has 0 bridgehead atoms. The molecule has 0 saturated heterocycles. The van der Waals surface area contributed by atoms with Crippen molar-refractivity contribution in [3.05, 3.63) is 70.2 Å². The van der Waals surface area contributed by atoms with Crippen LogP contribution in [0.4, 0.5) is 0 Å². The first-order valence-corrected chi connectivity index (χ1v) is 7.92. The number of guanidine groups is 1. The number of hydrogen-bond acceptors (Lipinski definition) is 2. The summed E-state index contributed by atoms with van der Waals surface area (Å²) in [5.74, 6) is 0.348. The van der Waals surface area contributed by atoms with E-state index in [1.807, 2.05) is 48.3 Å². The lowest BCUT2D eigenvalue weighted by Crippen LogP contribution is -2.38. The summed E-state index contributed by atoms with van der Waals surface area (Å²) in [5, 5.41) is 4.02. The molecule has 0 atom stereocenters. The number of carbonyl (C=O) groups excluding carboxylic acids is 1. The average Bonchev–Trinajstić information content (AvgIpc) is 2.56. The van der Waals surface area contributed by atoms with Crippen LogP contribution in [0.25, 0.3) is 0 Å². The second-order valence-electron chi connectivity index (χ2n) is 5.45. The van der Waals surface area contributed by atoms with E-state index in [-0.39, 0.29) is 24.0 Å². The van der Waals surface area contributed by atoms with Crippen molar-refractivity contribution in [2.75, 3.05) is 14.1 Å². The van der Waals surface area contributed by atoms with Gasteiger partial charge in [-0.25, -0.2) is 0 Å². The molecule has 0 fully saturated rings. The second kappa shape index (κ2) is 10.2. The number of primary amides is 1. The summed E-state index contributed by atoms with van der Waals surface area (Å²) in [6, 6.07) is 14.9. The van der Waals surface area contributed by atoms with Crippen LogP contribution in [-0.4, -0.2) is 30.9 Å². The first-order valence-electron chi connectivity index (χ1n) is 7.54. The number of nitrogens with one attached hydrogen (secondary N) is 1. The van der Waals surface area contributed by atoms with Crippen LogP contribution < -0.4 is 11.1 Å². The number of amides is 1. The standard InChI is InChI=1S/C18H21ClN4O.HI/c1-21-18(23(2)12-14-4-3-5-16(19)10-14)22-11-13-6-8-15(9-7-13)17(20)24;/h3-10H,11-12H2,1-2H3,(H2,20,24)(H,21,22);1H. The van der Waals surface area contributed by atoms with E-state index < -0.39 is 5.91 Å². The van der Waals surface area contributed by atoms with Gasteiger partial charge in [0.1, 0.15) is 0 Å². The molecule has 7 heteroatoms. The Bertz CT molecular complexity index is 734.